The Balaban J connectivity index is 1.60. The van der Waals surface area contributed by atoms with Gasteiger partial charge in [0.15, 0.2) is 0 Å². The van der Waals surface area contributed by atoms with E-state index in [1.807, 2.05) is 13.0 Å². The van der Waals surface area contributed by atoms with Gasteiger partial charge in [0, 0.05) is 29.0 Å². The van der Waals surface area contributed by atoms with E-state index in [1.54, 1.807) is 29.5 Å². The van der Waals surface area contributed by atoms with Crippen molar-refractivity contribution >= 4 is 39.8 Å². The van der Waals surface area contributed by atoms with E-state index >= 15 is 0 Å². The van der Waals surface area contributed by atoms with Crippen LogP contribution in [0.1, 0.15) is 28.2 Å². The van der Waals surface area contributed by atoms with Crippen LogP contribution in [0.25, 0.3) is 39.3 Å². The number of hydrogen-bond acceptors (Lipinski definition) is 10. The topological polar surface area (TPSA) is 175 Å². The highest BCUT2D eigenvalue weighted by Crippen LogP contribution is 2.33. The Morgan fingerprint density at radius 3 is 2.69 bits per heavy atom. The zero-order chi connectivity index (χ0) is 29.9. The molecule has 5 heterocycles. The SMILES string of the molecule is [2H]C([2H])([2H])n1c(=O)c2cc(C)cc(C(C)Nc3ccc(Cl)nc3-c3noc(=O)[nH]3)c2n2cnc(-c3cnc(N)nc3)c12. The van der Waals surface area contributed by atoms with E-state index in [9.17, 15) is 9.59 Å². The summed E-state index contributed by atoms with van der Waals surface area (Å²) in [6.07, 6.45) is 4.27. The van der Waals surface area contributed by atoms with E-state index in [0.29, 0.717) is 22.3 Å². The minimum Gasteiger partial charge on any atom is -0.377 e. The van der Waals surface area contributed by atoms with E-state index in [2.05, 4.69) is 39.9 Å². The van der Waals surface area contributed by atoms with Crippen molar-refractivity contribution in [3.05, 3.63) is 80.2 Å². The first-order valence-electron chi connectivity index (χ1n) is 13.1. The molecule has 0 saturated heterocycles. The molecule has 39 heavy (non-hydrogen) atoms. The molecule has 0 fully saturated rings. The maximum absolute atomic E-state index is 13.9. The van der Waals surface area contributed by atoms with Crippen LogP contribution in [0.15, 0.2) is 57.1 Å². The van der Waals surface area contributed by atoms with E-state index in [0.717, 1.165) is 10.1 Å². The van der Waals surface area contributed by atoms with Gasteiger partial charge < -0.3 is 11.1 Å². The number of halogens is 1. The number of pyridine rings is 1. The average Bonchev–Trinajstić information content (AvgIpc) is 3.55. The highest BCUT2D eigenvalue weighted by Gasteiger charge is 2.22. The number of aromatic amines is 1. The van der Waals surface area contributed by atoms with Crippen molar-refractivity contribution in [1.29, 1.82) is 0 Å². The number of H-pyrrole nitrogens is 1. The second-order valence-electron chi connectivity index (χ2n) is 8.85. The molecule has 14 heteroatoms. The van der Waals surface area contributed by atoms with Gasteiger partial charge in [-0.1, -0.05) is 22.8 Å². The van der Waals surface area contributed by atoms with Crippen LogP contribution in [0.4, 0.5) is 11.6 Å². The Morgan fingerprint density at radius 1 is 1.18 bits per heavy atom. The highest BCUT2D eigenvalue weighted by molar-refractivity contribution is 6.29. The first kappa shape index (κ1) is 21.0. The Kier molecular flexibility index (Phi) is 4.87. The highest BCUT2D eigenvalue weighted by atomic mass is 35.5. The number of anilines is 2. The third kappa shape index (κ3) is 4.08. The van der Waals surface area contributed by atoms with Crippen molar-refractivity contribution in [1.82, 2.24) is 39.0 Å². The molecule has 5 aromatic heterocycles. The summed E-state index contributed by atoms with van der Waals surface area (Å²) in [7, 11) is 0. The van der Waals surface area contributed by atoms with Gasteiger partial charge in [-0.2, -0.15) is 0 Å². The van der Waals surface area contributed by atoms with Crippen molar-refractivity contribution in [2.75, 3.05) is 11.1 Å². The summed E-state index contributed by atoms with van der Waals surface area (Å²) < 4.78 is 31.6. The predicted molar refractivity (Wildman–Crippen MR) is 146 cm³/mol. The van der Waals surface area contributed by atoms with Gasteiger partial charge in [-0.25, -0.2) is 24.7 Å². The summed E-state index contributed by atoms with van der Waals surface area (Å²) in [4.78, 5) is 44.7. The van der Waals surface area contributed by atoms with Crippen LogP contribution in [0, 0.1) is 6.92 Å². The largest absolute Gasteiger partial charge is 0.439 e. The molecule has 13 nitrogen and oxygen atoms in total. The van der Waals surface area contributed by atoms with Crippen LogP contribution in [0.2, 0.25) is 5.15 Å². The standard InChI is InChI=1S/C25H21ClN10O3/c1-11-6-14(12(2)31-16-4-5-17(26)32-19(16)21-33-25(38)39-34-21)20-15(7-11)23(37)35(3)22-18(30-10-36(20)22)13-8-28-24(27)29-9-13/h4-10,12,31H,1-3H3,(H2,27,28,29)(H,33,34,38)/i3D3. The first-order valence-corrected chi connectivity index (χ1v) is 11.9. The van der Waals surface area contributed by atoms with Gasteiger partial charge in [-0.15, -0.1) is 0 Å². The lowest BCUT2D eigenvalue weighted by molar-refractivity contribution is 0.388. The van der Waals surface area contributed by atoms with Crippen LogP contribution >= 0.6 is 11.6 Å². The van der Waals surface area contributed by atoms with Crippen molar-refractivity contribution in [3.63, 3.8) is 0 Å². The number of hydrogen-bond donors (Lipinski definition) is 3. The van der Waals surface area contributed by atoms with Crippen LogP contribution < -0.4 is 22.4 Å². The van der Waals surface area contributed by atoms with Crippen molar-refractivity contribution in [2.45, 2.75) is 19.9 Å². The summed E-state index contributed by atoms with van der Waals surface area (Å²) >= 11 is 6.12. The van der Waals surface area contributed by atoms with E-state index in [4.69, 9.17) is 21.4 Å². The van der Waals surface area contributed by atoms with E-state index < -0.39 is 24.3 Å². The number of aryl methyl sites for hydroxylation is 2. The second kappa shape index (κ2) is 9.06. The molecule has 6 rings (SSSR count). The summed E-state index contributed by atoms with van der Waals surface area (Å²) in [6.45, 7) is 0.826. The van der Waals surface area contributed by atoms with Crippen LogP contribution in [0.3, 0.4) is 0 Å². The molecule has 1 unspecified atom stereocenters. The smallest absolute Gasteiger partial charge is 0.377 e. The summed E-state index contributed by atoms with van der Waals surface area (Å²) in [5, 5.41) is 7.40. The van der Waals surface area contributed by atoms with Crippen molar-refractivity contribution in [2.24, 2.45) is 6.98 Å². The molecule has 196 valence electrons. The number of nitrogen functional groups attached to an aromatic ring is 1. The Labute approximate surface area is 228 Å². The first-order chi connectivity index (χ1) is 19.9. The van der Waals surface area contributed by atoms with Gasteiger partial charge in [0.25, 0.3) is 5.56 Å². The van der Waals surface area contributed by atoms with Gasteiger partial charge in [-0.3, -0.25) is 23.3 Å². The fourth-order valence-electron chi connectivity index (χ4n) is 4.54. The average molecular weight is 548 g/mol. The lowest BCUT2D eigenvalue weighted by atomic mass is 10.0. The van der Waals surface area contributed by atoms with Gasteiger partial charge in [-0.05, 0) is 43.2 Å². The maximum atomic E-state index is 13.9. The zero-order valence-electron chi connectivity index (χ0n) is 23.4. The van der Waals surface area contributed by atoms with Crippen molar-refractivity contribution < 1.29 is 8.64 Å². The molecule has 6 aromatic rings. The van der Waals surface area contributed by atoms with Crippen LogP contribution in [-0.4, -0.2) is 39.0 Å². The third-order valence-electron chi connectivity index (χ3n) is 6.22. The molecule has 0 aliphatic heterocycles. The molecule has 0 spiro atoms. The molecule has 0 aliphatic carbocycles. The lowest BCUT2D eigenvalue weighted by Crippen LogP contribution is -2.21. The predicted octanol–water partition coefficient (Wildman–Crippen LogP) is 3.10. The fraction of sp³-hybridized carbons (Fsp3) is 0.160. The van der Waals surface area contributed by atoms with Gasteiger partial charge >= 0.3 is 5.76 Å². The maximum Gasteiger partial charge on any atom is 0.439 e. The molecule has 0 aliphatic rings. The van der Waals surface area contributed by atoms with Gasteiger partial charge in [0.1, 0.15) is 28.5 Å². The number of nitrogens with two attached hydrogens (primary N) is 1. The normalized spacial score (nSPS) is 13.8. The molecule has 0 radical (unpaired) electrons. The quantitative estimate of drug-likeness (QED) is 0.272. The summed E-state index contributed by atoms with van der Waals surface area (Å²) in [5.41, 5.74) is 8.03. The minimum atomic E-state index is -2.83. The number of rotatable bonds is 5. The summed E-state index contributed by atoms with van der Waals surface area (Å²) in [6, 6.07) is 6.25. The Bertz CT molecular complexity index is 2120. The molecule has 1 atom stereocenters. The number of benzene rings is 1. The number of imidazole rings is 1. The summed E-state index contributed by atoms with van der Waals surface area (Å²) in [5.74, 6) is -0.658. The minimum absolute atomic E-state index is 0.0318. The molecular formula is C25H21ClN10O3. The number of nitrogens with zero attached hydrogens (tertiary/aromatic N) is 7. The Hall–Kier alpha value is -5.04. The zero-order valence-corrected chi connectivity index (χ0v) is 21.2. The van der Waals surface area contributed by atoms with Gasteiger partial charge in [0.2, 0.25) is 11.8 Å². The molecule has 0 bridgehead atoms. The third-order valence-corrected chi connectivity index (χ3v) is 6.43. The fourth-order valence-corrected chi connectivity index (χ4v) is 4.69. The molecule has 1 aromatic carbocycles. The van der Waals surface area contributed by atoms with Crippen molar-refractivity contribution in [3.8, 4) is 22.8 Å². The van der Waals surface area contributed by atoms with E-state index in [-0.39, 0.29) is 39.3 Å². The second-order valence-corrected chi connectivity index (χ2v) is 9.23. The van der Waals surface area contributed by atoms with Crippen LogP contribution in [-0.2, 0) is 6.98 Å². The van der Waals surface area contributed by atoms with Crippen LogP contribution in [0.5, 0.6) is 0 Å². The number of fused-ring (bicyclic) bond motifs is 3. The molecule has 0 saturated carbocycles. The molecular weight excluding hydrogens is 524 g/mol. The van der Waals surface area contributed by atoms with Gasteiger partial charge in [0.05, 0.1) is 22.6 Å². The Morgan fingerprint density at radius 2 is 1.97 bits per heavy atom. The monoisotopic (exact) mass is 547 g/mol. The number of aromatic nitrogens is 8. The number of nitrogens with one attached hydrogen (secondary N) is 2. The molecule has 0 amide bonds. The van der Waals surface area contributed by atoms with E-state index in [1.165, 1.54) is 18.7 Å². The lowest BCUT2D eigenvalue weighted by Gasteiger charge is -2.21. The molecule has 4 N–H and O–H groups in total.